The highest BCUT2D eigenvalue weighted by molar-refractivity contribution is 4.93. The summed E-state index contributed by atoms with van der Waals surface area (Å²) in [6, 6.07) is 0. The normalized spacial score (nSPS) is 43.2. The lowest BCUT2D eigenvalue weighted by molar-refractivity contribution is -0.960. The molecule has 0 aromatic rings. The summed E-state index contributed by atoms with van der Waals surface area (Å²) in [6.45, 7) is 6.99. The van der Waals surface area contributed by atoms with Crippen molar-refractivity contribution in [1.82, 2.24) is 0 Å². The molecule has 1 heterocycles. The first-order chi connectivity index (χ1) is 5.69. The van der Waals surface area contributed by atoms with E-state index in [0.29, 0.717) is 6.42 Å². The van der Waals surface area contributed by atoms with E-state index in [9.17, 15) is 15.4 Å². The number of hydroxylamine groups is 2. The van der Waals surface area contributed by atoms with Crippen LogP contribution in [0.3, 0.4) is 0 Å². The molecule has 0 saturated carbocycles. The van der Waals surface area contributed by atoms with E-state index >= 15 is 0 Å². The Labute approximate surface area is 78.7 Å². The maximum absolute atomic E-state index is 11.9. The predicted octanol–water partition coefficient (Wildman–Crippen LogP) is -0.948. The minimum atomic E-state index is -0.937. The average molecular weight is 189 g/mol. The van der Waals surface area contributed by atoms with Crippen molar-refractivity contribution in [1.29, 1.82) is 0 Å². The quantitative estimate of drug-likeness (QED) is 0.430. The van der Waals surface area contributed by atoms with Crippen LogP contribution in [0.1, 0.15) is 34.1 Å². The van der Waals surface area contributed by atoms with Crippen molar-refractivity contribution >= 4 is 0 Å². The van der Waals surface area contributed by atoms with Crippen LogP contribution in [0, 0.1) is 5.21 Å². The minimum absolute atomic E-state index is 0.0257. The van der Waals surface area contributed by atoms with Gasteiger partial charge in [-0.15, -0.1) is 0 Å². The third-order valence-electron chi connectivity index (χ3n) is 3.02. The van der Waals surface area contributed by atoms with Crippen molar-refractivity contribution < 1.29 is 15.3 Å². The zero-order chi connectivity index (χ0) is 10.4. The van der Waals surface area contributed by atoms with E-state index in [2.05, 4.69) is 0 Å². The van der Waals surface area contributed by atoms with Crippen LogP contribution in [-0.4, -0.2) is 33.5 Å². The molecular formula is C9H19NO3. The summed E-state index contributed by atoms with van der Waals surface area (Å²) in [6.07, 6.45) is -1.38. The molecule has 1 aliphatic rings. The number of rotatable bonds is 0. The predicted molar refractivity (Wildman–Crippen MR) is 49.1 cm³/mol. The van der Waals surface area contributed by atoms with E-state index in [1.165, 1.54) is 0 Å². The third-order valence-corrected chi connectivity index (χ3v) is 3.02. The molecule has 0 aromatic carbocycles. The average Bonchev–Trinajstić information content (AvgIpc) is 1.98. The van der Waals surface area contributed by atoms with Gasteiger partial charge in [-0.1, -0.05) is 0 Å². The Balaban J connectivity index is 2.96. The van der Waals surface area contributed by atoms with Crippen molar-refractivity contribution in [3.63, 3.8) is 0 Å². The lowest BCUT2D eigenvalue weighted by Crippen LogP contribution is -3.25. The van der Waals surface area contributed by atoms with Crippen LogP contribution in [-0.2, 0) is 0 Å². The number of aliphatic hydroxyl groups excluding tert-OH is 2. The van der Waals surface area contributed by atoms with Crippen LogP contribution in [0.25, 0.3) is 0 Å². The Hall–Kier alpha value is -0.160. The van der Waals surface area contributed by atoms with Gasteiger partial charge in [-0.2, -0.15) is 0 Å². The number of hydrogen-bond donors (Lipinski definition) is 3. The standard InChI is InChI=1S/C9H19NO3/c1-8(2)5-6(11)7(12)9(3,4)10(8)13/h6-7,10-12H,5H2,1-4H3. The zero-order valence-corrected chi connectivity index (χ0v) is 8.66. The molecule has 4 heteroatoms. The minimum Gasteiger partial charge on any atom is -0.633 e. The van der Waals surface area contributed by atoms with Gasteiger partial charge in [-0.25, -0.2) is 0 Å². The van der Waals surface area contributed by atoms with Gasteiger partial charge in [0.15, 0.2) is 0 Å². The van der Waals surface area contributed by atoms with Crippen LogP contribution in [0.5, 0.6) is 0 Å². The Kier molecular flexibility index (Phi) is 2.45. The van der Waals surface area contributed by atoms with Gasteiger partial charge in [-0.3, -0.25) is 0 Å². The van der Waals surface area contributed by atoms with Crippen LogP contribution in [0.2, 0.25) is 0 Å². The van der Waals surface area contributed by atoms with E-state index in [-0.39, 0.29) is 5.06 Å². The Morgan fingerprint density at radius 1 is 1.23 bits per heavy atom. The summed E-state index contributed by atoms with van der Waals surface area (Å²) in [5.41, 5.74) is -1.36. The SMILES string of the molecule is CC1(C)CC(O)C(O)C(C)(C)[NH+]1[O-]. The molecule has 3 atom stereocenters. The van der Waals surface area contributed by atoms with Crippen molar-refractivity contribution in [3.8, 4) is 0 Å². The van der Waals surface area contributed by atoms with E-state index in [0.717, 1.165) is 0 Å². The molecule has 1 fully saturated rings. The summed E-state index contributed by atoms with van der Waals surface area (Å²) in [5.74, 6) is 0. The number of piperidine rings is 1. The fourth-order valence-electron chi connectivity index (χ4n) is 2.21. The maximum atomic E-state index is 11.9. The smallest absolute Gasteiger partial charge is 0.134 e. The van der Waals surface area contributed by atoms with Crippen molar-refractivity contribution in [2.24, 2.45) is 0 Å². The summed E-state index contributed by atoms with van der Waals surface area (Å²) < 4.78 is 0. The second-order valence-corrected chi connectivity index (χ2v) is 5.15. The molecule has 0 amide bonds. The van der Waals surface area contributed by atoms with Gasteiger partial charge >= 0.3 is 0 Å². The van der Waals surface area contributed by atoms with Crippen LogP contribution >= 0.6 is 0 Å². The Morgan fingerprint density at radius 2 is 1.69 bits per heavy atom. The molecule has 1 rings (SSSR count). The van der Waals surface area contributed by atoms with Crippen molar-refractivity contribution in [3.05, 3.63) is 5.21 Å². The van der Waals surface area contributed by atoms with E-state index in [4.69, 9.17) is 0 Å². The van der Waals surface area contributed by atoms with Crippen molar-refractivity contribution in [2.75, 3.05) is 0 Å². The summed E-state index contributed by atoms with van der Waals surface area (Å²) >= 11 is 0. The molecule has 4 nitrogen and oxygen atoms in total. The molecule has 0 radical (unpaired) electrons. The lowest BCUT2D eigenvalue weighted by atomic mass is 9.78. The molecule has 0 aliphatic carbocycles. The third kappa shape index (κ3) is 1.59. The Morgan fingerprint density at radius 3 is 2.15 bits per heavy atom. The molecule has 1 aliphatic heterocycles. The largest absolute Gasteiger partial charge is 0.633 e. The molecule has 3 unspecified atom stereocenters. The van der Waals surface area contributed by atoms with Crippen molar-refractivity contribution in [2.45, 2.75) is 57.4 Å². The highest BCUT2D eigenvalue weighted by Gasteiger charge is 2.51. The fraction of sp³-hybridized carbons (Fsp3) is 1.00. The first-order valence-corrected chi connectivity index (χ1v) is 4.60. The van der Waals surface area contributed by atoms with Gasteiger partial charge in [0.2, 0.25) is 0 Å². The molecule has 3 N–H and O–H groups in total. The van der Waals surface area contributed by atoms with Gasteiger partial charge in [0.05, 0.1) is 11.6 Å². The summed E-state index contributed by atoms with van der Waals surface area (Å²) in [4.78, 5) is 0. The fourth-order valence-corrected chi connectivity index (χ4v) is 2.21. The number of nitrogens with one attached hydrogen (secondary N) is 1. The van der Waals surface area contributed by atoms with Gasteiger partial charge in [0, 0.05) is 6.42 Å². The molecular weight excluding hydrogens is 170 g/mol. The van der Waals surface area contributed by atoms with E-state index in [1.54, 1.807) is 13.8 Å². The van der Waals surface area contributed by atoms with Gasteiger partial charge in [0.1, 0.15) is 11.6 Å². The molecule has 0 bridgehead atoms. The zero-order valence-electron chi connectivity index (χ0n) is 8.66. The topological polar surface area (TPSA) is 68.0 Å². The Bertz CT molecular complexity index is 203. The van der Waals surface area contributed by atoms with Crippen LogP contribution in [0.15, 0.2) is 0 Å². The number of hydrogen-bond acceptors (Lipinski definition) is 3. The first-order valence-electron chi connectivity index (χ1n) is 4.60. The second kappa shape index (κ2) is 2.92. The van der Waals surface area contributed by atoms with Gasteiger partial charge < -0.3 is 20.5 Å². The summed E-state index contributed by atoms with van der Waals surface area (Å²) in [7, 11) is 0. The van der Waals surface area contributed by atoms with Gasteiger partial charge in [0.25, 0.3) is 0 Å². The highest BCUT2D eigenvalue weighted by atomic mass is 16.5. The highest BCUT2D eigenvalue weighted by Crippen LogP contribution is 2.23. The molecule has 13 heavy (non-hydrogen) atoms. The molecule has 78 valence electrons. The molecule has 0 aromatic heterocycles. The first kappa shape index (κ1) is 10.9. The summed E-state index contributed by atoms with van der Waals surface area (Å²) in [5, 5.41) is 31.1. The van der Waals surface area contributed by atoms with Crippen LogP contribution in [0.4, 0.5) is 0 Å². The lowest BCUT2D eigenvalue weighted by Gasteiger charge is -2.55. The maximum Gasteiger partial charge on any atom is 0.134 e. The second-order valence-electron chi connectivity index (χ2n) is 5.15. The van der Waals surface area contributed by atoms with Crippen LogP contribution < -0.4 is 5.06 Å². The molecule has 0 spiro atoms. The monoisotopic (exact) mass is 189 g/mol. The number of aliphatic hydroxyl groups is 2. The number of quaternary nitrogens is 1. The molecule has 1 saturated heterocycles. The van der Waals surface area contributed by atoms with Gasteiger partial charge in [-0.05, 0) is 27.7 Å². The van der Waals surface area contributed by atoms with E-state index in [1.807, 2.05) is 13.8 Å². The van der Waals surface area contributed by atoms with E-state index < -0.39 is 23.3 Å².